The average Bonchev–Trinajstić information content (AvgIpc) is 3.06. The first kappa shape index (κ1) is 23.2. The fraction of sp³-hybridized carbons (Fsp3) is 0.524. The molecule has 0 spiro atoms. The van der Waals surface area contributed by atoms with E-state index in [2.05, 4.69) is 5.32 Å². The van der Waals surface area contributed by atoms with E-state index in [0.29, 0.717) is 30.6 Å². The Hall–Kier alpha value is -2.43. The Morgan fingerprint density at radius 1 is 1.19 bits per heavy atom. The van der Waals surface area contributed by atoms with Gasteiger partial charge in [0, 0.05) is 43.8 Å². The standard InChI is InChI=1S/C21H29N3O6S/c1-15-10-24(11-16(2)30-15)21(26)13-23-12-19(17-6-4-5-7-18(17)23)31(27,28)14-20(25)22-8-9-29-3/h4-7,12,15-16H,8-11,13-14H2,1-3H3,(H,22,25). The topological polar surface area (TPSA) is 107 Å². The molecule has 31 heavy (non-hydrogen) atoms. The van der Waals surface area contributed by atoms with E-state index in [9.17, 15) is 18.0 Å². The molecular formula is C21H29N3O6S. The highest BCUT2D eigenvalue weighted by atomic mass is 32.2. The second-order valence-corrected chi connectivity index (χ2v) is 9.75. The predicted molar refractivity (Wildman–Crippen MR) is 115 cm³/mol. The lowest BCUT2D eigenvalue weighted by molar-refractivity contribution is -0.143. The number of fused-ring (bicyclic) bond motifs is 1. The molecule has 2 atom stereocenters. The van der Waals surface area contributed by atoms with Gasteiger partial charge in [-0.1, -0.05) is 18.2 Å². The van der Waals surface area contributed by atoms with E-state index in [1.807, 2.05) is 13.8 Å². The second-order valence-electron chi connectivity index (χ2n) is 7.80. The average molecular weight is 452 g/mol. The van der Waals surface area contributed by atoms with Gasteiger partial charge in [-0.15, -0.1) is 0 Å². The molecule has 9 nitrogen and oxygen atoms in total. The molecule has 1 aliphatic heterocycles. The number of carbonyl (C=O) groups is 2. The van der Waals surface area contributed by atoms with Crippen LogP contribution in [0.3, 0.4) is 0 Å². The van der Waals surface area contributed by atoms with Crippen molar-refractivity contribution in [2.45, 2.75) is 37.5 Å². The van der Waals surface area contributed by atoms with Crippen molar-refractivity contribution in [2.75, 3.05) is 39.1 Å². The van der Waals surface area contributed by atoms with E-state index < -0.39 is 21.5 Å². The maximum absolute atomic E-state index is 13.0. The van der Waals surface area contributed by atoms with Gasteiger partial charge >= 0.3 is 0 Å². The molecule has 1 aromatic carbocycles. The number of amides is 2. The number of methoxy groups -OCH3 is 1. The molecule has 10 heteroatoms. The zero-order valence-electron chi connectivity index (χ0n) is 18.0. The number of nitrogens with one attached hydrogen (secondary N) is 1. The van der Waals surface area contributed by atoms with Crippen molar-refractivity contribution < 1.29 is 27.5 Å². The number of rotatable bonds is 8. The van der Waals surface area contributed by atoms with Crippen LogP contribution in [0.5, 0.6) is 0 Å². The van der Waals surface area contributed by atoms with Crippen LogP contribution in [0.1, 0.15) is 13.8 Å². The van der Waals surface area contributed by atoms with Gasteiger partial charge in [-0.3, -0.25) is 9.59 Å². The number of para-hydroxylation sites is 1. The largest absolute Gasteiger partial charge is 0.383 e. The molecule has 1 saturated heterocycles. The van der Waals surface area contributed by atoms with Gasteiger partial charge in [0.25, 0.3) is 0 Å². The predicted octanol–water partition coefficient (Wildman–Crippen LogP) is 0.813. The lowest BCUT2D eigenvalue weighted by atomic mass is 10.2. The Balaban J connectivity index is 1.83. The smallest absolute Gasteiger partial charge is 0.242 e. The number of nitrogens with zero attached hydrogens (tertiary/aromatic N) is 2. The van der Waals surface area contributed by atoms with E-state index in [1.165, 1.54) is 13.3 Å². The van der Waals surface area contributed by atoms with E-state index in [0.717, 1.165) is 0 Å². The van der Waals surface area contributed by atoms with Crippen LogP contribution in [0.25, 0.3) is 10.9 Å². The minimum absolute atomic E-state index is 0.00943. The fourth-order valence-electron chi connectivity index (χ4n) is 3.81. The Bertz CT molecular complexity index is 1040. The highest BCUT2D eigenvalue weighted by Gasteiger charge is 2.28. The SMILES string of the molecule is COCCNC(=O)CS(=O)(=O)c1cn(CC(=O)N2CC(C)OC(C)C2)c2ccccc12. The van der Waals surface area contributed by atoms with Crippen LogP contribution < -0.4 is 5.32 Å². The van der Waals surface area contributed by atoms with Crippen LogP contribution in [-0.2, 0) is 35.4 Å². The summed E-state index contributed by atoms with van der Waals surface area (Å²) >= 11 is 0. The molecule has 1 N–H and O–H groups in total. The van der Waals surface area contributed by atoms with Crippen molar-refractivity contribution in [3.8, 4) is 0 Å². The van der Waals surface area contributed by atoms with Gasteiger partial charge in [-0.25, -0.2) is 8.42 Å². The second kappa shape index (κ2) is 9.80. The summed E-state index contributed by atoms with van der Waals surface area (Å²) in [5.74, 6) is -1.37. The molecule has 1 aliphatic rings. The van der Waals surface area contributed by atoms with Crippen LogP contribution in [0.4, 0.5) is 0 Å². The van der Waals surface area contributed by atoms with Gasteiger partial charge in [0.2, 0.25) is 11.8 Å². The molecule has 0 aliphatic carbocycles. The van der Waals surface area contributed by atoms with Gasteiger partial charge in [-0.05, 0) is 19.9 Å². The quantitative estimate of drug-likeness (QED) is 0.596. The maximum atomic E-state index is 13.0. The number of hydrogen-bond donors (Lipinski definition) is 1. The van der Waals surface area contributed by atoms with Gasteiger partial charge in [0.05, 0.1) is 23.7 Å². The third-order valence-corrected chi connectivity index (χ3v) is 6.75. The Morgan fingerprint density at radius 3 is 2.55 bits per heavy atom. The van der Waals surface area contributed by atoms with Crippen molar-refractivity contribution in [1.82, 2.24) is 14.8 Å². The maximum Gasteiger partial charge on any atom is 0.242 e. The van der Waals surface area contributed by atoms with Crippen molar-refractivity contribution in [3.05, 3.63) is 30.5 Å². The van der Waals surface area contributed by atoms with E-state index in [1.54, 1.807) is 33.7 Å². The van der Waals surface area contributed by atoms with Crippen LogP contribution in [-0.4, -0.2) is 81.0 Å². The summed E-state index contributed by atoms with van der Waals surface area (Å²) in [7, 11) is -2.40. The highest BCUT2D eigenvalue weighted by molar-refractivity contribution is 7.92. The van der Waals surface area contributed by atoms with Gasteiger partial charge in [0.1, 0.15) is 12.3 Å². The number of aromatic nitrogens is 1. The summed E-state index contributed by atoms with van der Waals surface area (Å²) < 4.78 is 38.1. The number of carbonyl (C=O) groups excluding carboxylic acids is 2. The summed E-state index contributed by atoms with van der Waals surface area (Å²) in [6, 6.07) is 6.98. The summed E-state index contributed by atoms with van der Waals surface area (Å²) in [4.78, 5) is 26.8. The summed E-state index contributed by atoms with van der Waals surface area (Å²) in [5.41, 5.74) is 0.628. The molecule has 1 aromatic heterocycles. The number of sulfone groups is 1. The van der Waals surface area contributed by atoms with Crippen LogP contribution in [0, 0.1) is 0 Å². The number of hydrogen-bond acceptors (Lipinski definition) is 6. The lowest BCUT2D eigenvalue weighted by Crippen LogP contribution is -2.49. The number of morpholine rings is 1. The van der Waals surface area contributed by atoms with Crippen molar-refractivity contribution in [3.63, 3.8) is 0 Å². The lowest BCUT2D eigenvalue weighted by Gasteiger charge is -2.35. The van der Waals surface area contributed by atoms with E-state index in [4.69, 9.17) is 9.47 Å². The molecule has 2 amide bonds. The highest BCUT2D eigenvalue weighted by Crippen LogP contribution is 2.26. The van der Waals surface area contributed by atoms with Crippen molar-refractivity contribution >= 4 is 32.6 Å². The molecule has 2 heterocycles. The minimum atomic E-state index is -3.90. The van der Waals surface area contributed by atoms with Crippen LogP contribution in [0.2, 0.25) is 0 Å². The third-order valence-electron chi connectivity index (χ3n) is 5.11. The van der Waals surface area contributed by atoms with Gasteiger partial charge in [-0.2, -0.15) is 0 Å². The molecule has 0 bridgehead atoms. The Morgan fingerprint density at radius 2 is 1.87 bits per heavy atom. The first-order chi connectivity index (χ1) is 14.7. The van der Waals surface area contributed by atoms with Gasteiger partial charge in [0.15, 0.2) is 9.84 Å². The van der Waals surface area contributed by atoms with Crippen molar-refractivity contribution in [1.29, 1.82) is 0 Å². The molecule has 0 saturated carbocycles. The Kier molecular flexibility index (Phi) is 7.34. The molecule has 3 rings (SSSR count). The molecule has 2 aromatic rings. The molecule has 170 valence electrons. The van der Waals surface area contributed by atoms with Crippen LogP contribution >= 0.6 is 0 Å². The first-order valence-electron chi connectivity index (χ1n) is 10.2. The number of ether oxygens (including phenoxy) is 2. The third kappa shape index (κ3) is 5.63. The van der Waals surface area contributed by atoms with Crippen LogP contribution in [0.15, 0.2) is 35.4 Å². The first-order valence-corrected chi connectivity index (χ1v) is 11.9. The molecule has 0 radical (unpaired) electrons. The zero-order valence-corrected chi connectivity index (χ0v) is 18.9. The monoisotopic (exact) mass is 451 g/mol. The molecular weight excluding hydrogens is 422 g/mol. The number of benzene rings is 1. The fourth-order valence-corrected chi connectivity index (χ4v) is 5.21. The normalized spacial score (nSPS) is 19.5. The molecule has 2 unspecified atom stereocenters. The summed E-state index contributed by atoms with van der Waals surface area (Å²) in [6.07, 6.45) is 1.34. The molecule has 1 fully saturated rings. The van der Waals surface area contributed by atoms with Gasteiger partial charge < -0.3 is 24.3 Å². The summed E-state index contributed by atoms with van der Waals surface area (Å²) in [5, 5.41) is 3.01. The zero-order chi connectivity index (χ0) is 22.6. The van der Waals surface area contributed by atoms with Crippen molar-refractivity contribution in [2.24, 2.45) is 0 Å². The Labute approximate surface area is 182 Å². The van der Waals surface area contributed by atoms with E-state index >= 15 is 0 Å². The summed E-state index contributed by atoms with van der Waals surface area (Å²) in [6.45, 7) is 5.37. The van der Waals surface area contributed by atoms with E-state index in [-0.39, 0.29) is 36.1 Å². The minimum Gasteiger partial charge on any atom is -0.383 e.